The lowest BCUT2D eigenvalue weighted by Crippen LogP contribution is -2.00. The van der Waals surface area contributed by atoms with Crippen LogP contribution < -0.4 is 0 Å². The molecule has 0 saturated heterocycles. The van der Waals surface area contributed by atoms with Crippen molar-refractivity contribution in [2.45, 2.75) is 0 Å². The van der Waals surface area contributed by atoms with Crippen molar-refractivity contribution in [1.82, 2.24) is 19.9 Å². The van der Waals surface area contributed by atoms with E-state index in [-0.39, 0.29) is 0 Å². The highest BCUT2D eigenvalue weighted by atomic mass is 15.0. The minimum atomic E-state index is 0.642. The first-order valence-corrected chi connectivity index (χ1v) is 16.7. The Bertz CT molecular complexity index is 2560. The first-order chi connectivity index (χ1) is 24.8. The van der Waals surface area contributed by atoms with Crippen molar-refractivity contribution in [3.63, 3.8) is 0 Å². The van der Waals surface area contributed by atoms with Crippen molar-refractivity contribution in [1.29, 1.82) is 0 Å². The summed E-state index contributed by atoms with van der Waals surface area (Å²) < 4.78 is 0. The van der Waals surface area contributed by atoms with Gasteiger partial charge in [0.25, 0.3) is 0 Å². The van der Waals surface area contributed by atoms with E-state index in [1.807, 2.05) is 66.7 Å². The molecule has 7 aromatic carbocycles. The number of hydrogen-bond acceptors (Lipinski definition) is 4. The normalized spacial score (nSPS) is 11.2. The molecule has 0 N–H and O–H groups in total. The highest BCUT2D eigenvalue weighted by Crippen LogP contribution is 2.39. The smallest absolute Gasteiger partial charge is 0.164 e. The first-order valence-electron chi connectivity index (χ1n) is 16.7. The molecular formula is C46H30N4. The molecule has 0 amide bonds. The topological polar surface area (TPSA) is 51.6 Å². The Morgan fingerprint density at radius 3 is 1.38 bits per heavy atom. The lowest BCUT2D eigenvalue weighted by Gasteiger charge is -2.15. The van der Waals surface area contributed by atoms with Crippen LogP contribution in [-0.4, -0.2) is 19.9 Å². The fourth-order valence-corrected chi connectivity index (χ4v) is 6.68. The van der Waals surface area contributed by atoms with Gasteiger partial charge in [-0.3, -0.25) is 0 Å². The molecule has 0 aliphatic rings. The van der Waals surface area contributed by atoms with Crippen LogP contribution >= 0.6 is 0 Å². The third-order valence-corrected chi connectivity index (χ3v) is 9.12. The van der Waals surface area contributed by atoms with Gasteiger partial charge in [-0.2, -0.15) is 0 Å². The summed E-state index contributed by atoms with van der Waals surface area (Å²) in [6.07, 6.45) is 0. The van der Waals surface area contributed by atoms with E-state index in [2.05, 4.69) is 115 Å². The minimum Gasteiger partial charge on any atom is -0.247 e. The van der Waals surface area contributed by atoms with Gasteiger partial charge >= 0.3 is 0 Å². The molecule has 0 radical (unpaired) electrons. The van der Waals surface area contributed by atoms with Crippen molar-refractivity contribution in [2.24, 2.45) is 0 Å². The van der Waals surface area contributed by atoms with Crippen LogP contribution in [0.1, 0.15) is 0 Å². The standard InChI is InChI=1S/C46H30N4/c1-4-14-32(15-5-1)43-40-24-13-23-38(42(40)39-22-10-11-25-41(39)47-43)37-21-12-20-36(30-37)31-26-28-35(29-27-31)46-49-44(33-16-6-2-7-17-33)48-45(50-46)34-18-8-3-9-19-34/h1-30H. The molecule has 4 nitrogen and oxygen atoms in total. The van der Waals surface area contributed by atoms with Crippen LogP contribution in [0.4, 0.5) is 0 Å². The number of para-hydroxylation sites is 1. The maximum Gasteiger partial charge on any atom is 0.164 e. The molecule has 0 aliphatic heterocycles. The molecule has 9 rings (SSSR count). The molecule has 0 aliphatic carbocycles. The van der Waals surface area contributed by atoms with E-state index in [9.17, 15) is 0 Å². The molecule has 0 spiro atoms. The summed E-state index contributed by atoms with van der Waals surface area (Å²) in [6, 6.07) is 62.9. The van der Waals surface area contributed by atoms with E-state index in [4.69, 9.17) is 19.9 Å². The van der Waals surface area contributed by atoms with Gasteiger partial charge in [-0.15, -0.1) is 0 Å². The zero-order valence-electron chi connectivity index (χ0n) is 27.1. The third kappa shape index (κ3) is 5.49. The number of pyridine rings is 1. The van der Waals surface area contributed by atoms with E-state index in [1.54, 1.807) is 0 Å². The van der Waals surface area contributed by atoms with Crippen LogP contribution in [-0.2, 0) is 0 Å². The average Bonchev–Trinajstić information content (AvgIpc) is 3.21. The van der Waals surface area contributed by atoms with Crippen LogP contribution in [0, 0.1) is 0 Å². The van der Waals surface area contributed by atoms with Crippen molar-refractivity contribution in [2.75, 3.05) is 0 Å². The monoisotopic (exact) mass is 638 g/mol. The van der Waals surface area contributed by atoms with Gasteiger partial charge in [-0.25, -0.2) is 19.9 Å². The molecule has 50 heavy (non-hydrogen) atoms. The molecule has 4 heteroatoms. The highest BCUT2D eigenvalue weighted by molar-refractivity contribution is 6.17. The Balaban J connectivity index is 1.12. The molecule has 2 heterocycles. The fraction of sp³-hybridized carbons (Fsp3) is 0. The van der Waals surface area contributed by atoms with E-state index in [0.717, 1.165) is 60.9 Å². The summed E-state index contributed by atoms with van der Waals surface area (Å²) in [5.41, 5.74) is 10.5. The fourth-order valence-electron chi connectivity index (χ4n) is 6.68. The summed E-state index contributed by atoms with van der Waals surface area (Å²) in [6.45, 7) is 0. The number of rotatable bonds is 6. The van der Waals surface area contributed by atoms with Crippen LogP contribution in [0.15, 0.2) is 182 Å². The minimum absolute atomic E-state index is 0.642. The molecule has 234 valence electrons. The SMILES string of the molecule is c1ccc(-c2nc(-c3ccccc3)nc(-c3ccc(-c4cccc(-c5cccc6c(-c7ccccc7)nc7ccccc7c56)c4)cc3)n2)cc1. The van der Waals surface area contributed by atoms with E-state index < -0.39 is 0 Å². The molecule has 0 unspecified atom stereocenters. The van der Waals surface area contributed by atoms with Gasteiger partial charge in [0.2, 0.25) is 0 Å². The zero-order chi connectivity index (χ0) is 33.3. The van der Waals surface area contributed by atoms with Gasteiger partial charge < -0.3 is 0 Å². The van der Waals surface area contributed by atoms with Crippen LogP contribution in [0.5, 0.6) is 0 Å². The summed E-state index contributed by atoms with van der Waals surface area (Å²) in [4.78, 5) is 19.8. The number of nitrogens with zero attached hydrogens (tertiary/aromatic N) is 4. The maximum absolute atomic E-state index is 5.14. The molecule has 2 aromatic heterocycles. The van der Waals surface area contributed by atoms with Crippen molar-refractivity contribution in [3.05, 3.63) is 182 Å². The van der Waals surface area contributed by atoms with Crippen molar-refractivity contribution in [3.8, 4) is 67.7 Å². The van der Waals surface area contributed by atoms with Gasteiger partial charge in [0.05, 0.1) is 11.2 Å². The van der Waals surface area contributed by atoms with Crippen molar-refractivity contribution >= 4 is 21.7 Å². The van der Waals surface area contributed by atoms with E-state index in [0.29, 0.717) is 17.5 Å². The first kappa shape index (κ1) is 29.4. The molecule has 9 aromatic rings. The second kappa shape index (κ2) is 12.7. The summed E-state index contributed by atoms with van der Waals surface area (Å²) in [7, 11) is 0. The number of hydrogen-bond donors (Lipinski definition) is 0. The average molecular weight is 639 g/mol. The van der Waals surface area contributed by atoms with Crippen LogP contribution in [0.3, 0.4) is 0 Å². The Labute approximate surface area is 290 Å². The summed E-state index contributed by atoms with van der Waals surface area (Å²) >= 11 is 0. The second-order valence-corrected chi connectivity index (χ2v) is 12.3. The molecule has 0 bridgehead atoms. The number of benzene rings is 7. The van der Waals surface area contributed by atoms with Crippen LogP contribution in [0.25, 0.3) is 89.4 Å². The van der Waals surface area contributed by atoms with Gasteiger partial charge in [0.15, 0.2) is 17.5 Å². The Hall–Kier alpha value is -6.78. The number of aromatic nitrogens is 4. The summed E-state index contributed by atoms with van der Waals surface area (Å²) in [5, 5.41) is 3.50. The largest absolute Gasteiger partial charge is 0.247 e. The van der Waals surface area contributed by atoms with Gasteiger partial charge in [-0.05, 0) is 34.4 Å². The third-order valence-electron chi connectivity index (χ3n) is 9.12. The second-order valence-electron chi connectivity index (χ2n) is 12.3. The molecule has 0 fully saturated rings. The van der Waals surface area contributed by atoms with Crippen molar-refractivity contribution < 1.29 is 0 Å². The quantitative estimate of drug-likeness (QED) is 0.170. The molecule has 0 saturated carbocycles. The Kier molecular flexibility index (Phi) is 7.45. The molecule has 0 atom stereocenters. The van der Waals surface area contributed by atoms with E-state index in [1.165, 1.54) is 10.9 Å². The number of fused-ring (bicyclic) bond motifs is 3. The van der Waals surface area contributed by atoms with Gasteiger partial charge in [0, 0.05) is 38.4 Å². The lowest BCUT2D eigenvalue weighted by atomic mass is 9.91. The predicted molar refractivity (Wildman–Crippen MR) is 205 cm³/mol. The highest BCUT2D eigenvalue weighted by Gasteiger charge is 2.16. The Morgan fingerprint density at radius 2 is 0.740 bits per heavy atom. The summed E-state index contributed by atoms with van der Waals surface area (Å²) in [5.74, 6) is 1.95. The molecular weight excluding hydrogens is 609 g/mol. The van der Waals surface area contributed by atoms with E-state index >= 15 is 0 Å². The van der Waals surface area contributed by atoms with Crippen LogP contribution in [0.2, 0.25) is 0 Å². The lowest BCUT2D eigenvalue weighted by molar-refractivity contribution is 1.07. The van der Waals surface area contributed by atoms with Gasteiger partial charge in [-0.1, -0.05) is 170 Å². The predicted octanol–water partition coefficient (Wildman–Crippen LogP) is 11.6. The maximum atomic E-state index is 5.14. The Morgan fingerprint density at radius 1 is 0.280 bits per heavy atom. The van der Waals surface area contributed by atoms with Gasteiger partial charge in [0.1, 0.15) is 0 Å². The zero-order valence-corrected chi connectivity index (χ0v) is 27.1.